The first-order chi connectivity index (χ1) is 22.9. The van der Waals surface area contributed by atoms with Crippen LogP contribution in [-0.2, 0) is 29.4 Å². The molecule has 1 saturated heterocycles. The second-order valence-electron chi connectivity index (χ2n) is 16.2. The molecule has 266 valence electrons. The summed E-state index contributed by atoms with van der Waals surface area (Å²) in [6, 6.07) is 23.9. The van der Waals surface area contributed by atoms with E-state index in [1.807, 2.05) is 0 Å². The minimum absolute atomic E-state index is 0.388. The average molecular weight is 715 g/mol. The molecule has 0 aromatic heterocycles. The highest BCUT2D eigenvalue weighted by Gasteiger charge is 2.52. The molecular formula is C41H63BO4Si3. The van der Waals surface area contributed by atoms with Gasteiger partial charge in [0.15, 0.2) is 16.6 Å². The molecule has 2 aromatic carbocycles. The highest BCUT2D eigenvalue weighted by Crippen LogP contribution is 2.46. The fourth-order valence-electron chi connectivity index (χ4n) is 6.85. The van der Waals surface area contributed by atoms with Crippen LogP contribution in [0.3, 0.4) is 0 Å². The fraction of sp³-hybridized carbons (Fsp3) is 0.561. The normalized spacial score (nSPS) is 23.4. The average Bonchev–Trinajstić information content (AvgIpc) is 3.32. The van der Waals surface area contributed by atoms with Crippen molar-refractivity contribution in [1.82, 2.24) is 0 Å². The summed E-state index contributed by atoms with van der Waals surface area (Å²) in [5.41, 5.74) is 5.69. The molecule has 8 heteroatoms. The first-order valence-corrected chi connectivity index (χ1v) is 27.4. The van der Waals surface area contributed by atoms with Gasteiger partial charge in [0.1, 0.15) is 19.3 Å². The first-order valence-electron chi connectivity index (χ1n) is 18.8. The molecule has 0 radical (unpaired) electrons. The summed E-state index contributed by atoms with van der Waals surface area (Å²) in [7, 11) is -5.98. The zero-order valence-electron chi connectivity index (χ0n) is 32.9. The molecule has 0 spiro atoms. The minimum Gasteiger partial charge on any atom is -0.401 e. The molecule has 2 aromatic rings. The Morgan fingerprint density at radius 2 is 0.918 bits per heavy atom. The van der Waals surface area contributed by atoms with Gasteiger partial charge in [-0.05, 0) is 117 Å². The van der Waals surface area contributed by atoms with E-state index in [9.17, 15) is 0 Å². The van der Waals surface area contributed by atoms with Crippen LogP contribution in [0.5, 0.6) is 0 Å². The maximum atomic E-state index is 7.50. The number of hydrogen-bond donors (Lipinski definition) is 0. The molecule has 49 heavy (non-hydrogen) atoms. The Morgan fingerprint density at radius 1 is 0.571 bits per heavy atom. The zero-order valence-corrected chi connectivity index (χ0v) is 35.9. The summed E-state index contributed by atoms with van der Waals surface area (Å²) in [4.78, 5) is 0. The Kier molecular flexibility index (Phi) is 12.1. The van der Waals surface area contributed by atoms with E-state index in [0.717, 1.165) is 58.4 Å². The van der Waals surface area contributed by atoms with Crippen molar-refractivity contribution in [1.29, 1.82) is 0 Å². The van der Waals surface area contributed by atoms with Gasteiger partial charge in [-0.15, -0.1) is 5.54 Å². The van der Waals surface area contributed by atoms with Gasteiger partial charge in [-0.1, -0.05) is 104 Å². The van der Waals surface area contributed by atoms with Gasteiger partial charge in [-0.3, -0.25) is 0 Å². The van der Waals surface area contributed by atoms with Gasteiger partial charge in [-0.25, -0.2) is 0 Å². The Hall–Kier alpha value is -1.96. The van der Waals surface area contributed by atoms with Crippen LogP contribution in [0.4, 0.5) is 0 Å². The molecule has 0 saturated carbocycles. The third-order valence-corrected chi connectivity index (χ3v) is 21.7. The summed E-state index contributed by atoms with van der Waals surface area (Å²) in [5, 5.41) is 0. The maximum absolute atomic E-state index is 7.50. The van der Waals surface area contributed by atoms with Gasteiger partial charge in [0, 0.05) is 5.56 Å². The Morgan fingerprint density at radius 3 is 1.24 bits per heavy atom. The van der Waals surface area contributed by atoms with Gasteiger partial charge < -0.3 is 18.2 Å². The first kappa shape index (κ1) is 39.8. The quantitative estimate of drug-likeness (QED) is 0.118. The minimum atomic E-state index is -2.06. The number of hydrogen-bond acceptors (Lipinski definition) is 4. The molecule has 1 aliphatic heterocycles. The topological polar surface area (TPSA) is 36.9 Å². The predicted octanol–water partition coefficient (Wildman–Crippen LogP) is 10.5. The van der Waals surface area contributed by atoms with Gasteiger partial charge in [-0.2, -0.15) is 0 Å². The monoisotopic (exact) mass is 714 g/mol. The van der Waals surface area contributed by atoms with Crippen molar-refractivity contribution in [3.63, 3.8) is 0 Å². The van der Waals surface area contributed by atoms with Crippen molar-refractivity contribution in [2.45, 2.75) is 148 Å². The molecule has 0 N–H and O–H groups in total. The molecule has 4 rings (SSSR count). The second-order valence-corrected chi connectivity index (χ2v) is 30.4. The molecule has 1 fully saturated rings. The highest BCUT2D eigenvalue weighted by atomic mass is 28.4. The van der Waals surface area contributed by atoms with Crippen molar-refractivity contribution in [2.24, 2.45) is 0 Å². The third-order valence-electron chi connectivity index (χ3n) is 11.6. The smallest absolute Gasteiger partial charge is 0.401 e. The maximum Gasteiger partial charge on any atom is 0.494 e. The lowest BCUT2D eigenvalue weighted by atomic mass is 9.76. The van der Waals surface area contributed by atoms with Crippen molar-refractivity contribution in [3.05, 3.63) is 89.5 Å². The van der Waals surface area contributed by atoms with Crippen LogP contribution in [0.25, 0.3) is 0 Å². The lowest BCUT2D eigenvalue weighted by Crippen LogP contribution is -2.48. The summed E-state index contributed by atoms with van der Waals surface area (Å²) in [6.45, 7) is 29.1. The van der Waals surface area contributed by atoms with Crippen LogP contribution in [0.1, 0.15) is 85.9 Å². The van der Waals surface area contributed by atoms with Gasteiger partial charge in [0.25, 0.3) is 0 Å². The molecule has 0 amide bonds. The van der Waals surface area contributed by atoms with Crippen molar-refractivity contribution >= 4 is 37.3 Å². The van der Waals surface area contributed by atoms with Crippen LogP contribution < -0.4 is 5.46 Å². The van der Waals surface area contributed by atoms with Crippen molar-refractivity contribution < 1.29 is 18.2 Å². The Balaban J connectivity index is 1.82. The lowest BCUT2D eigenvalue weighted by Gasteiger charge is -2.46. The van der Waals surface area contributed by atoms with E-state index >= 15 is 0 Å². The molecule has 4 nitrogen and oxygen atoms in total. The van der Waals surface area contributed by atoms with Crippen molar-refractivity contribution in [2.75, 3.05) is 0 Å². The zero-order chi connectivity index (χ0) is 36.4. The number of rotatable bonds is 13. The van der Waals surface area contributed by atoms with Crippen LogP contribution in [0, 0.1) is 11.5 Å². The van der Waals surface area contributed by atoms with E-state index in [4.69, 9.17) is 18.2 Å². The molecule has 0 atom stereocenters. The summed E-state index contributed by atoms with van der Waals surface area (Å²) >= 11 is 0. The fourth-order valence-corrected chi connectivity index (χ4v) is 13.2. The second kappa shape index (κ2) is 14.9. The summed E-state index contributed by atoms with van der Waals surface area (Å²) < 4.78 is 27.8. The standard InChI is InChI=1S/C41H63BO4Si3/c1-14-48(15-2,16-3)45-40(35-22-20-34(21-23-35)28-33-47(11,12)13)29-31-41(32-30-40,46-49(17-4,18-5)19-6)36-24-26-37(27-25-36)42-43-38(7,8)39(9,10)44-42/h20-27,29-32H,14-19H2,1-13H3. The van der Waals surface area contributed by atoms with Crippen LogP contribution >= 0.6 is 0 Å². The molecule has 1 aliphatic carbocycles. The SMILES string of the molecule is CC[Si](CC)(CC)OC1(c2ccc(C#C[Si](C)(C)C)cc2)C=CC(O[Si](CC)(CC)CC)(c2ccc(B3OC(C)(C)C(C)(C)O3)cc2)C=C1. The third kappa shape index (κ3) is 8.41. The lowest BCUT2D eigenvalue weighted by molar-refractivity contribution is 0.00578. The van der Waals surface area contributed by atoms with Gasteiger partial charge in [0.05, 0.1) is 11.2 Å². The summed E-state index contributed by atoms with van der Waals surface area (Å²) in [5.74, 6) is 3.43. The van der Waals surface area contributed by atoms with Crippen LogP contribution in [0.2, 0.25) is 55.9 Å². The molecule has 0 unspecified atom stereocenters. The molecule has 2 aliphatic rings. The summed E-state index contributed by atoms with van der Waals surface area (Å²) in [6.07, 6.45) is 9.22. The molecule has 0 bridgehead atoms. The van der Waals surface area contributed by atoms with Crippen LogP contribution in [0.15, 0.2) is 72.8 Å². The van der Waals surface area contributed by atoms with Crippen molar-refractivity contribution in [3.8, 4) is 11.5 Å². The van der Waals surface area contributed by atoms with E-state index in [1.54, 1.807) is 0 Å². The predicted molar refractivity (Wildman–Crippen MR) is 217 cm³/mol. The molecule has 1 heterocycles. The van der Waals surface area contributed by atoms with E-state index in [1.165, 1.54) is 0 Å². The van der Waals surface area contributed by atoms with E-state index in [2.05, 4.69) is 173 Å². The van der Waals surface area contributed by atoms with E-state index in [0.29, 0.717) is 0 Å². The van der Waals surface area contributed by atoms with Gasteiger partial charge >= 0.3 is 7.12 Å². The van der Waals surface area contributed by atoms with Crippen LogP contribution in [-0.4, -0.2) is 43.0 Å². The van der Waals surface area contributed by atoms with E-state index in [-0.39, 0.29) is 11.2 Å². The highest BCUT2D eigenvalue weighted by molar-refractivity contribution is 6.83. The van der Waals surface area contributed by atoms with E-state index < -0.39 is 43.0 Å². The Labute approximate surface area is 302 Å². The van der Waals surface area contributed by atoms with Gasteiger partial charge in [0.2, 0.25) is 0 Å². The largest absolute Gasteiger partial charge is 0.494 e. The number of benzene rings is 2. The Bertz CT molecular complexity index is 1490. The molecular weight excluding hydrogens is 652 g/mol.